The molecule has 1 rings (SSSR count). The number of alkyl halides is 3. The average Bonchev–Trinajstić information content (AvgIpc) is 2.01. The summed E-state index contributed by atoms with van der Waals surface area (Å²) >= 11 is 0. The van der Waals surface area contributed by atoms with Crippen molar-refractivity contribution in [1.82, 2.24) is 9.62 Å². The Morgan fingerprint density at radius 1 is 1.21 bits per heavy atom. The highest BCUT2D eigenvalue weighted by Gasteiger charge is 2.38. The molecule has 14 heavy (non-hydrogen) atoms. The molecule has 1 heterocycles. The first kappa shape index (κ1) is 11.7. The fourth-order valence-corrected chi connectivity index (χ4v) is 2.56. The molecule has 0 radical (unpaired) electrons. The fourth-order valence-electron chi connectivity index (χ4n) is 1.22. The van der Waals surface area contributed by atoms with E-state index in [-0.39, 0.29) is 13.1 Å². The summed E-state index contributed by atoms with van der Waals surface area (Å²) in [5, 5.41) is 2.86. The summed E-state index contributed by atoms with van der Waals surface area (Å²) < 4.78 is 58.9. The summed E-state index contributed by atoms with van der Waals surface area (Å²) in [6.45, 7) is 1.02. The molecular formula is C6H11F3N2O2S. The van der Waals surface area contributed by atoms with Gasteiger partial charge in [0.15, 0.2) is 5.75 Å². The summed E-state index contributed by atoms with van der Waals surface area (Å²) in [7, 11) is -4.17. The topological polar surface area (TPSA) is 49.4 Å². The van der Waals surface area contributed by atoms with Gasteiger partial charge < -0.3 is 5.32 Å². The van der Waals surface area contributed by atoms with Crippen molar-refractivity contribution < 1.29 is 21.6 Å². The van der Waals surface area contributed by atoms with Crippen LogP contribution in [-0.2, 0) is 10.0 Å². The Kier molecular flexibility index (Phi) is 3.38. The van der Waals surface area contributed by atoms with Gasteiger partial charge in [-0.1, -0.05) is 0 Å². The van der Waals surface area contributed by atoms with Crippen molar-refractivity contribution in [3.8, 4) is 0 Å². The maximum atomic E-state index is 11.9. The van der Waals surface area contributed by atoms with E-state index in [1.165, 1.54) is 0 Å². The van der Waals surface area contributed by atoms with E-state index in [9.17, 15) is 21.6 Å². The SMILES string of the molecule is O=S(=O)(CC(F)(F)F)N1CCNCC1. The second-order valence-corrected chi connectivity index (χ2v) is 4.99. The molecule has 1 N–H and O–H groups in total. The van der Waals surface area contributed by atoms with E-state index in [4.69, 9.17) is 0 Å². The number of piperazine rings is 1. The number of nitrogens with one attached hydrogen (secondary N) is 1. The van der Waals surface area contributed by atoms with Crippen LogP contribution in [-0.4, -0.2) is 50.8 Å². The maximum absolute atomic E-state index is 11.9. The number of hydrogen-bond donors (Lipinski definition) is 1. The minimum atomic E-state index is -4.66. The second-order valence-electron chi connectivity index (χ2n) is 3.02. The van der Waals surface area contributed by atoms with E-state index in [1.807, 2.05) is 0 Å². The predicted octanol–water partition coefficient (Wildman–Crippen LogP) is -0.216. The van der Waals surface area contributed by atoms with Crippen LogP contribution in [0.25, 0.3) is 0 Å². The summed E-state index contributed by atoms with van der Waals surface area (Å²) in [6, 6.07) is 0. The molecule has 0 aromatic rings. The Morgan fingerprint density at radius 2 is 1.71 bits per heavy atom. The molecule has 4 nitrogen and oxygen atoms in total. The van der Waals surface area contributed by atoms with Gasteiger partial charge in [-0.3, -0.25) is 0 Å². The zero-order valence-corrected chi connectivity index (χ0v) is 8.16. The third-order valence-corrected chi connectivity index (χ3v) is 3.66. The summed E-state index contributed by atoms with van der Waals surface area (Å²) in [5.41, 5.74) is 0. The van der Waals surface area contributed by atoms with Gasteiger partial charge in [0.25, 0.3) is 0 Å². The zero-order valence-electron chi connectivity index (χ0n) is 7.34. The van der Waals surface area contributed by atoms with Gasteiger partial charge in [-0.05, 0) is 0 Å². The molecule has 0 amide bonds. The van der Waals surface area contributed by atoms with Crippen molar-refractivity contribution in [3.63, 3.8) is 0 Å². The third-order valence-electron chi connectivity index (χ3n) is 1.82. The molecule has 0 unspecified atom stereocenters. The summed E-state index contributed by atoms with van der Waals surface area (Å²) in [5.74, 6) is -1.76. The third kappa shape index (κ3) is 3.43. The molecule has 1 saturated heterocycles. The normalized spacial score (nSPS) is 21.1. The highest BCUT2D eigenvalue weighted by molar-refractivity contribution is 7.89. The molecule has 1 fully saturated rings. The molecule has 0 spiro atoms. The maximum Gasteiger partial charge on any atom is 0.404 e. The standard InChI is InChI=1S/C6H11F3N2O2S/c7-6(8,9)5-14(12,13)11-3-1-10-2-4-11/h10H,1-5H2. The number of hydrogen-bond acceptors (Lipinski definition) is 3. The Morgan fingerprint density at radius 3 is 2.14 bits per heavy atom. The van der Waals surface area contributed by atoms with Crippen LogP contribution in [0.1, 0.15) is 0 Å². The van der Waals surface area contributed by atoms with Crippen molar-refractivity contribution in [2.45, 2.75) is 6.18 Å². The van der Waals surface area contributed by atoms with E-state index >= 15 is 0 Å². The van der Waals surface area contributed by atoms with Gasteiger partial charge in [0.1, 0.15) is 0 Å². The van der Waals surface area contributed by atoms with E-state index < -0.39 is 22.0 Å². The minimum Gasteiger partial charge on any atom is -0.314 e. The van der Waals surface area contributed by atoms with Crippen LogP contribution in [0.15, 0.2) is 0 Å². The lowest BCUT2D eigenvalue weighted by molar-refractivity contribution is -0.107. The molecule has 0 aliphatic carbocycles. The van der Waals surface area contributed by atoms with Crippen LogP contribution < -0.4 is 5.32 Å². The van der Waals surface area contributed by atoms with Gasteiger partial charge in [0.2, 0.25) is 10.0 Å². The van der Waals surface area contributed by atoms with Crippen molar-refractivity contribution in [1.29, 1.82) is 0 Å². The van der Waals surface area contributed by atoms with Gasteiger partial charge in [-0.15, -0.1) is 0 Å². The molecule has 0 bridgehead atoms. The largest absolute Gasteiger partial charge is 0.404 e. The molecule has 1 aliphatic rings. The Hall–Kier alpha value is -0.340. The van der Waals surface area contributed by atoms with Gasteiger partial charge in [-0.25, -0.2) is 8.42 Å². The van der Waals surface area contributed by atoms with Crippen molar-refractivity contribution in [3.05, 3.63) is 0 Å². The highest BCUT2D eigenvalue weighted by Crippen LogP contribution is 2.19. The molecule has 0 aromatic carbocycles. The van der Waals surface area contributed by atoms with Gasteiger partial charge >= 0.3 is 6.18 Å². The number of rotatable bonds is 2. The first-order valence-corrected chi connectivity index (χ1v) is 5.67. The van der Waals surface area contributed by atoms with Crippen LogP contribution >= 0.6 is 0 Å². The first-order chi connectivity index (χ1) is 6.31. The van der Waals surface area contributed by atoms with Crippen molar-refractivity contribution in [2.24, 2.45) is 0 Å². The molecule has 8 heteroatoms. The van der Waals surface area contributed by atoms with E-state index in [1.54, 1.807) is 0 Å². The summed E-state index contributed by atoms with van der Waals surface area (Å²) in [6.07, 6.45) is -4.66. The molecule has 1 aliphatic heterocycles. The first-order valence-electron chi connectivity index (χ1n) is 4.06. The highest BCUT2D eigenvalue weighted by atomic mass is 32.2. The summed E-state index contributed by atoms with van der Waals surface area (Å²) in [4.78, 5) is 0. The van der Waals surface area contributed by atoms with Crippen LogP contribution in [0.4, 0.5) is 13.2 Å². The monoisotopic (exact) mass is 232 g/mol. The van der Waals surface area contributed by atoms with Crippen LogP contribution in [0, 0.1) is 0 Å². The van der Waals surface area contributed by atoms with E-state index in [2.05, 4.69) is 5.32 Å². The lowest BCUT2D eigenvalue weighted by atomic mass is 10.4. The van der Waals surface area contributed by atoms with Crippen molar-refractivity contribution >= 4 is 10.0 Å². The van der Waals surface area contributed by atoms with Crippen LogP contribution in [0.3, 0.4) is 0 Å². The lowest BCUT2D eigenvalue weighted by Gasteiger charge is -2.26. The lowest BCUT2D eigenvalue weighted by Crippen LogP contribution is -2.48. The quantitative estimate of drug-likeness (QED) is 0.716. The van der Waals surface area contributed by atoms with Gasteiger partial charge in [0, 0.05) is 26.2 Å². The number of sulfonamides is 1. The Labute approximate surface area is 80.1 Å². The second kappa shape index (κ2) is 4.03. The van der Waals surface area contributed by atoms with E-state index in [0.717, 1.165) is 4.31 Å². The molecule has 0 saturated carbocycles. The number of halogens is 3. The van der Waals surface area contributed by atoms with Crippen LogP contribution in [0.5, 0.6) is 0 Å². The van der Waals surface area contributed by atoms with E-state index in [0.29, 0.717) is 13.1 Å². The Balaban J connectivity index is 2.64. The Bertz CT molecular complexity index is 282. The fraction of sp³-hybridized carbons (Fsp3) is 1.00. The molecule has 0 atom stereocenters. The molecule has 0 aromatic heterocycles. The molecule has 84 valence electrons. The smallest absolute Gasteiger partial charge is 0.314 e. The van der Waals surface area contributed by atoms with Crippen LogP contribution in [0.2, 0.25) is 0 Å². The molecular weight excluding hydrogens is 221 g/mol. The average molecular weight is 232 g/mol. The zero-order chi connectivity index (χ0) is 10.8. The van der Waals surface area contributed by atoms with Gasteiger partial charge in [0.05, 0.1) is 0 Å². The van der Waals surface area contributed by atoms with Crippen molar-refractivity contribution in [2.75, 3.05) is 31.9 Å². The number of nitrogens with zero attached hydrogens (tertiary/aromatic N) is 1. The minimum absolute atomic E-state index is 0.110. The predicted molar refractivity (Wildman–Crippen MR) is 44.3 cm³/mol. The van der Waals surface area contributed by atoms with Gasteiger partial charge in [-0.2, -0.15) is 17.5 Å².